The molecule has 0 aliphatic carbocycles. The van der Waals surface area contributed by atoms with Crippen molar-refractivity contribution >= 4 is 11.9 Å². The summed E-state index contributed by atoms with van der Waals surface area (Å²) < 4.78 is 16.1. The van der Waals surface area contributed by atoms with Gasteiger partial charge in [-0.15, -0.1) is 0 Å². The molecule has 1 amide bonds. The van der Waals surface area contributed by atoms with Gasteiger partial charge in [0.1, 0.15) is 0 Å². The number of rotatable bonds is 5. The SMILES string of the molecule is CCOc1ccnc(N2CCN(C(=O)c3ncoc3-c3ccco3)CC2)n1. The molecule has 9 heteroatoms. The molecule has 3 aromatic heterocycles. The molecule has 0 radical (unpaired) electrons. The van der Waals surface area contributed by atoms with E-state index in [1.54, 1.807) is 29.3 Å². The van der Waals surface area contributed by atoms with Gasteiger partial charge >= 0.3 is 0 Å². The molecule has 0 unspecified atom stereocenters. The Morgan fingerprint density at radius 1 is 1.19 bits per heavy atom. The summed E-state index contributed by atoms with van der Waals surface area (Å²) in [7, 11) is 0. The fourth-order valence-electron chi connectivity index (χ4n) is 2.95. The van der Waals surface area contributed by atoms with Gasteiger partial charge in [0.05, 0.1) is 12.9 Å². The van der Waals surface area contributed by atoms with Crippen LogP contribution in [0.1, 0.15) is 17.4 Å². The van der Waals surface area contributed by atoms with Crippen LogP contribution in [0.3, 0.4) is 0 Å². The van der Waals surface area contributed by atoms with Crippen LogP contribution in [0.15, 0.2) is 45.9 Å². The molecular weight excluding hydrogens is 350 g/mol. The van der Waals surface area contributed by atoms with Crippen molar-refractivity contribution in [3.05, 3.63) is 42.7 Å². The van der Waals surface area contributed by atoms with Gasteiger partial charge in [-0.25, -0.2) is 9.97 Å². The Morgan fingerprint density at radius 3 is 2.78 bits per heavy atom. The van der Waals surface area contributed by atoms with Crippen LogP contribution in [0.25, 0.3) is 11.5 Å². The summed E-state index contributed by atoms with van der Waals surface area (Å²) in [6.45, 7) is 4.77. The molecule has 0 saturated carbocycles. The van der Waals surface area contributed by atoms with Gasteiger partial charge in [0.2, 0.25) is 17.6 Å². The summed E-state index contributed by atoms with van der Waals surface area (Å²) in [5.74, 6) is 1.80. The minimum Gasteiger partial charge on any atom is -0.478 e. The first-order valence-corrected chi connectivity index (χ1v) is 8.73. The average Bonchev–Trinajstić information content (AvgIpc) is 3.39. The Morgan fingerprint density at radius 2 is 2.04 bits per heavy atom. The number of oxazole rings is 1. The number of aromatic nitrogens is 3. The smallest absolute Gasteiger partial charge is 0.276 e. The third-order valence-corrected chi connectivity index (χ3v) is 4.27. The maximum atomic E-state index is 12.9. The molecule has 4 rings (SSSR count). The Kier molecular flexibility index (Phi) is 4.73. The largest absolute Gasteiger partial charge is 0.478 e. The van der Waals surface area contributed by atoms with E-state index in [9.17, 15) is 4.79 Å². The number of anilines is 1. The van der Waals surface area contributed by atoms with Crippen LogP contribution in [-0.4, -0.2) is 58.5 Å². The van der Waals surface area contributed by atoms with Crippen molar-refractivity contribution in [1.29, 1.82) is 0 Å². The van der Waals surface area contributed by atoms with E-state index in [0.717, 1.165) is 0 Å². The lowest BCUT2D eigenvalue weighted by molar-refractivity contribution is 0.0741. The summed E-state index contributed by atoms with van der Waals surface area (Å²) in [5, 5.41) is 0. The second-order valence-electron chi connectivity index (χ2n) is 5.91. The first-order valence-electron chi connectivity index (χ1n) is 8.73. The first-order chi connectivity index (χ1) is 13.3. The van der Waals surface area contributed by atoms with E-state index in [1.807, 2.05) is 11.8 Å². The van der Waals surface area contributed by atoms with Crippen LogP contribution in [0.4, 0.5) is 5.95 Å². The van der Waals surface area contributed by atoms with Crippen molar-refractivity contribution in [2.24, 2.45) is 0 Å². The number of hydrogen-bond acceptors (Lipinski definition) is 8. The van der Waals surface area contributed by atoms with E-state index < -0.39 is 0 Å². The van der Waals surface area contributed by atoms with Gasteiger partial charge in [-0.05, 0) is 19.1 Å². The molecule has 1 saturated heterocycles. The molecule has 27 heavy (non-hydrogen) atoms. The molecule has 0 bridgehead atoms. The van der Waals surface area contributed by atoms with Gasteiger partial charge in [-0.1, -0.05) is 0 Å². The fourth-order valence-corrected chi connectivity index (χ4v) is 2.95. The number of piperazine rings is 1. The van der Waals surface area contributed by atoms with E-state index in [2.05, 4.69) is 15.0 Å². The van der Waals surface area contributed by atoms with Crippen LogP contribution >= 0.6 is 0 Å². The second-order valence-corrected chi connectivity index (χ2v) is 5.91. The molecule has 140 valence electrons. The molecular formula is C18H19N5O4. The van der Waals surface area contributed by atoms with Crippen molar-refractivity contribution in [2.75, 3.05) is 37.7 Å². The standard InChI is InChI=1S/C18H19N5O4/c1-2-25-14-5-6-19-18(21-14)23-9-7-22(8-10-23)17(24)15-16(27-12-20-15)13-4-3-11-26-13/h3-6,11-12H,2,7-10H2,1H3. The number of carbonyl (C=O) groups is 1. The summed E-state index contributed by atoms with van der Waals surface area (Å²) in [6.07, 6.45) is 4.46. The summed E-state index contributed by atoms with van der Waals surface area (Å²) in [5.41, 5.74) is 0.257. The van der Waals surface area contributed by atoms with Crippen LogP contribution in [0.2, 0.25) is 0 Å². The minimum atomic E-state index is -0.182. The molecule has 1 fully saturated rings. The van der Waals surface area contributed by atoms with E-state index >= 15 is 0 Å². The number of ether oxygens (including phenoxy) is 1. The van der Waals surface area contributed by atoms with Crippen LogP contribution in [0, 0.1) is 0 Å². The van der Waals surface area contributed by atoms with Crippen molar-refractivity contribution in [2.45, 2.75) is 6.92 Å². The monoisotopic (exact) mass is 369 g/mol. The van der Waals surface area contributed by atoms with Gasteiger partial charge in [0.25, 0.3) is 5.91 Å². The highest BCUT2D eigenvalue weighted by atomic mass is 16.5. The quantitative estimate of drug-likeness (QED) is 0.674. The molecule has 1 aliphatic heterocycles. The van der Waals surface area contributed by atoms with Gasteiger partial charge in [-0.3, -0.25) is 4.79 Å². The highest BCUT2D eigenvalue weighted by molar-refractivity contribution is 5.97. The highest BCUT2D eigenvalue weighted by Crippen LogP contribution is 2.25. The number of nitrogens with zero attached hydrogens (tertiary/aromatic N) is 5. The van der Waals surface area contributed by atoms with Gasteiger partial charge in [0.15, 0.2) is 17.8 Å². The van der Waals surface area contributed by atoms with E-state index in [1.165, 1.54) is 12.7 Å². The van der Waals surface area contributed by atoms with Crippen molar-refractivity contribution in [3.8, 4) is 17.4 Å². The number of hydrogen-bond donors (Lipinski definition) is 0. The molecule has 4 heterocycles. The molecule has 3 aromatic rings. The average molecular weight is 369 g/mol. The predicted molar refractivity (Wildman–Crippen MR) is 95.5 cm³/mol. The number of carbonyl (C=O) groups excluding carboxylic acids is 1. The zero-order valence-electron chi connectivity index (χ0n) is 14.9. The minimum absolute atomic E-state index is 0.182. The fraction of sp³-hybridized carbons (Fsp3) is 0.333. The summed E-state index contributed by atoms with van der Waals surface area (Å²) >= 11 is 0. The lowest BCUT2D eigenvalue weighted by Crippen LogP contribution is -2.49. The van der Waals surface area contributed by atoms with Crippen LogP contribution in [0.5, 0.6) is 5.88 Å². The molecule has 1 aliphatic rings. The first kappa shape index (κ1) is 17.1. The van der Waals surface area contributed by atoms with E-state index in [0.29, 0.717) is 56.1 Å². The summed E-state index contributed by atoms with van der Waals surface area (Å²) in [6, 6.07) is 5.20. The Bertz CT molecular complexity index is 900. The van der Waals surface area contributed by atoms with Crippen molar-refractivity contribution < 1.29 is 18.4 Å². The predicted octanol–water partition coefficient (Wildman–Crippen LogP) is 2.09. The van der Waals surface area contributed by atoms with Gasteiger partial charge in [0, 0.05) is 38.4 Å². The zero-order chi connectivity index (χ0) is 18.6. The van der Waals surface area contributed by atoms with E-state index in [4.69, 9.17) is 13.6 Å². The highest BCUT2D eigenvalue weighted by Gasteiger charge is 2.28. The zero-order valence-corrected chi connectivity index (χ0v) is 14.9. The molecule has 0 spiro atoms. The Labute approximate surface area is 155 Å². The van der Waals surface area contributed by atoms with Gasteiger partial charge < -0.3 is 23.4 Å². The third-order valence-electron chi connectivity index (χ3n) is 4.27. The summed E-state index contributed by atoms with van der Waals surface area (Å²) in [4.78, 5) is 29.4. The Hall–Kier alpha value is -3.36. The van der Waals surface area contributed by atoms with Gasteiger partial charge in [-0.2, -0.15) is 4.98 Å². The third kappa shape index (κ3) is 3.48. The number of furan rings is 1. The normalized spacial score (nSPS) is 14.4. The van der Waals surface area contributed by atoms with E-state index in [-0.39, 0.29) is 11.6 Å². The second kappa shape index (κ2) is 7.48. The number of amides is 1. The molecule has 0 atom stereocenters. The lowest BCUT2D eigenvalue weighted by Gasteiger charge is -2.34. The molecule has 9 nitrogen and oxygen atoms in total. The lowest BCUT2D eigenvalue weighted by atomic mass is 10.2. The van der Waals surface area contributed by atoms with Crippen molar-refractivity contribution in [3.63, 3.8) is 0 Å². The molecule has 0 aromatic carbocycles. The van der Waals surface area contributed by atoms with Crippen LogP contribution in [-0.2, 0) is 0 Å². The molecule has 0 N–H and O–H groups in total. The van der Waals surface area contributed by atoms with Crippen molar-refractivity contribution in [1.82, 2.24) is 19.9 Å². The maximum absolute atomic E-state index is 12.9. The Balaban J connectivity index is 1.43. The topological polar surface area (TPSA) is 97.7 Å². The van der Waals surface area contributed by atoms with Crippen LogP contribution < -0.4 is 9.64 Å². The maximum Gasteiger partial charge on any atom is 0.276 e.